The normalized spacial score (nSPS) is 14.6. The third-order valence-electron chi connectivity index (χ3n) is 12.0. The number of fused-ring (bicyclic) bond motifs is 7. The molecule has 0 N–H and O–H groups in total. The Morgan fingerprint density at radius 1 is 0.429 bits per heavy atom. The van der Waals surface area contributed by atoms with E-state index in [0.29, 0.717) is 0 Å². The van der Waals surface area contributed by atoms with E-state index in [1.54, 1.807) is 0 Å². The van der Waals surface area contributed by atoms with E-state index in [-0.39, 0.29) is 5.41 Å². The lowest BCUT2D eigenvalue weighted by atomic mass is 9.74. The Hall–Kier alpha value is -7.16. The van der Waals surface area contributed by atoms with Gasteiger partial charge < -0.3 is 9.32 Å². The largest absolute Gasteiger partial charge is 0.454 e. The van der Waals surface area contributed by atoms with Crippen LogP contribution in [0.3, 0.4) is 0 Å². The average molecular weight is 716 g/mol. The van der Waals surface area contributed by atoms with E-state index in [1.165, 1.54) is 55.3 Å². The molecule has 0 amide bonds. The van der Waals surface area contributed by atoms with Gasteiger partial charge in [-0.2, -0.15) is 0 Å². The number of anilines is 3. The Kier molecular flexibility index (Phi) is 7.33. The molecule has 1 unspecified atom stereocenters. The summed E-state index contributed by atoms with van der Waals surface area (Å²) in [6.07, 6.45) is 0. The topological polar surface area (TPSA) is 16.4 Å². The zero-order valence-corrected chi connectivity index (χ0v) is 31.0. The summed E-state index contributed by atoms with van der Waals surface area (Å²) in [4.78, 5) is 2.43. The molecule has 264 valence electrons. The summed E-state index contributed by atoms with van der Waals surface area (Å²) in [7, 11) is 0. The average Bonchev–Trinajstić information content (AvgIpc) is 3.78. The lowest BCUT2D eigenvalue weighted by Crippen LogP contribution is -2.23. The minimum absolute atomic E-state index is 0.347. The van der Waals surface area contributed by atoms with Crippen molar-refractivity contribution in [1.82, 2.24) is 0 Å². The second-order valence-corrected chi connectivity index (χ2v) is 14.9. The van der Waals surface area contributed by atoms with Crippen LogP contribution in [0.1, 0.15) is 23.6 Å². The third-order valence-corrected chi connectivity index (χ3v) is 12.0. The SMILES string of the molecule is CC1(c2ccccc2)c2ccccc2-c2ccc(N(c3ccccc3-c3cccc4cccc(-c5ccccc5)c34)c3cccc4c3oc3ccccc34)cc21. The maximum Gasteiger partial charge on any atom is 0.159 e. The van der Waals surface area contributed by atoms with Crippen molar-refractivity contribution in [2.75, 3.05) is 4.90 Å². The van der Waals surface area contributed by atoms with E-state index in [0.717, 1.165) is 44.6 Å². The van der Waals surface area contributed by atoms with E-state index >= 15 is 0 Å². The number of rotatable bonds is 6. The van der Waals surface area contributed by atoms with Gasteiger partial charge >= 0.3 is 0 Å². The zero-order chi connectivity index (χ0) is 37.2. The molecule has 0 aliphatic heterocycles. The molecule has 10 aromatic rings. The van der Waals surface area contributed by atoms with Crippen molar-refractivity contribution in [2.24, 2.45) is 0 Å². The molecule has 0 fully saturated rings. The first kappa shape index (κ1) is 32.3. The minimum atomic E-state index is -0.347. The smallest absolute Gasteiger partial charge is 0.159 e. The van der Waals surface area contributed by atoms with Crippen LogP contribution < -0.4 is 4.90 Å². The molecule has 0 saturated heterocycles. The first-order valence-electron chi connectivity index (χ1n) is 19.4. The molecule has 0 spiro atoms. The molecule has 9 aromatic carbocycles. The van der Waals surface area contributed by atoms with Crippen LogP contribution in [0.15, 0.2) is 211 Å². The van der Waals surface area contributed by atoms with Crippen LogP contribution in [0.2, 0.25) is 0 Å². The van der Waals surface area contributed by atoms with Gasteiger partial charge in [-0.3, -0.25) is 0 Å². The summed E-state index contributed by atoms with van der Waals surface area (Å²) >= 11 is 0. The highest BCUT2D eigenvalue weighted by Gasteiger charge is 2.41. The van der Waals surface area contributed by atoms with Gasteiger partial charge in [0.25, 0.3) is 0 Å². The van der Waals surface area contributed by atoms with Gasteiger partial charge in [-0.1, -0.05) is 176 Å². The lowest BCUT2D eigenvalue weighted by molar-refractivity contribution is 0.669. The summed E-state index contributed by atoms with van der Waals surface area (Å²) in [5, 5.41) is 4.65. The Morgan fingerprint density at radius 3 is 1.88 bits per heavy atom. The summed E-state index contributed by atoms with van der Waals surface area (Å²) in [5.74, 6) is 0. The lowest BCUT2D eigenvalue weighted by Gasteiger charge is -2.31. The van der Waals surface area contributed by atoms with Crippen molar-refractivity contribution in [1.29, 1.82) is 0 Å². The molecule has 2 heteroatoms. The van der Waals surface area contributed by atoms with Gasteiger partial charge in [-0.15, -0.1) is 0 Å². The van der Waals surface area contributed by atoms with Crippen LogP contribution >= 0.6 is 0 Å². The van der Waals surface area contributed by atoms with Crippen LogP contribution in [0.25, 0.3) is 66.1 Å². The Balaban J connectivity index is 1.21. The van der Waals surface area contributed by atoms with Crippen molar-refractivity contribution in [3.8, 4) is 33.4 Å². The van der Waals surface area contributed by atoms with E-state index in [9.17, 15) is 0 Å². The standard InChI is InChI=1S/C54H37NO/c1-54(38-21-6-3-7-22-38)47-29-11-8-23-41(47)42-34-33-39(35-48(42)54)55(50-31-16-28-46-44-25-10-13-32-51(44)56-53(46)50)49-30-12-9-24-43(49)45-27-15-20-37-19-14-26-40(52(37)45)36-17-4-2-5-18-36/h2-35H,1H3. The highest BCUT2D eigenvalue weighted by molar-refractivity contribution is 6.12. The van der Waals surface area contributed by atoms with Crippen molar-refractivity contribution in [2.45, 2.75) is 12.3 Å². The van der Waals surface area contributed by atoms with Gasteiger partial charge in [0.2, 0.25) is 0 Å². The molecule has 0 bridgehead atoms. The highest BCUT2D eigenvalue weighted by Crippen LogP contribution is 2.55. The fraction of sp³-hybridized carbons (Fsp3) is 0.0370. The van der Waals surface area contributed by atoms with Crippen molar-refractivity contribution < 1.29 is 4.42 Å². The van der Waals surface area contributed by atoms with Crippen LogP contribution in [-0.2, 0) is 5.41 Å². The fourth-order valence-electron chi connectivity index (χ4n) is 9.34. The molecule has 0 radical (unpaired) electrons. The first-order valence-corrected chi connectivity index (χ1v) is 19.4. The van der Waals surface area contributed by atoms with Gasteiger partial charge in [-0.05, 0) is 92.5 Å². The molecule has 1 aliphatic rings. The molecule has 11 rings (SSSR count). The molecule has 1 aliphatic carbocycles. The molecular weight excluding hydrogens is 679 g/mol. The molecule has 1 heterocycles. The second kappa shape index (κ2) is 12.7. The molecule has 56 heavy (non-hydrogen) atoms. The Bertz CT molecular complexity index is 3100. The van der Waals surface area contributed by atoms with Gasteiger partial charge in [0.05, 0.1) is 11.4 Å². The van der Waals surface area contributed by atoms with Crippen LogP contribution in [0.4, 0.5) is 17.1 Å². The number of hydrogen-bond donors (Lipinski definition) is 0. The van der Waals surface area contributed by atoms with Crippen LogP contribution in [0.5, 0.6) is 0 Å². The predicted octanol–water partition coefficient (Wildman–Crippen LogP) is 14.9. The maximum absolute atomic E-state index is 6.81. The summed E-state index contributed by atoms with van der Waals surface area (Å²) in [6, 6.07) is 74.7. The third kappa shape index (κ3) is 4.82. The molecular formula is C54H37NO. The summed E-state index contributed by atoms with van der Waals surface area (Å²) < 4.78 is 6.81. The van der Waals surface area contributed by atoms with Crippen molar-refractivity contribution in [3.05, 3.63) is 223 Å². The molecule has 2 nitrogen and oxygen atoms in total. The quantitative estimate of drug-likeness (QED) is 0.170. The summed E-state index contributed by atoms with van der Waals surface area (Å²) in [5.41, 5.74) is 15.7. The van der Waals surface area contributed by atoms with Crippen LogP contribution in [0, 0.1) is 0 Å². The second-order valence-electron chi connectivity index (χ2n) is 14.9. The number of nitrogens with zero attached hydrogens (tertiary/aromatic N) is 1. The fourth-order valence-corrected chi connectivity index (χ4v) is 9.34. The van der Waals surface area contributed by atoms with Crippen LogP contribution in [-0.4, -0.2) is 0 Å². The van der Waals surface area contributed by atoms with Crippen molar-refractivity contribution >= 4 is 49.8 Å². The number of furan rings is 1. The van der Waals surface area contributed by atoms with Gasteiger partial charge in [0, 0.05) is 27.4 Å². The predicted molar refractivity (Wildman–Crippen MR) is 234 cm³/mol. The van der Waals surface area contributed by atoms with Gasteiger partial charge in [0.15, 0.2) is 5.58 Å². The van der Waals surface area contributed by atoms with E-state index in [2.05, 4.69) is 212 Å². The Labute approximate surface area is 326 Å². The van der Waals surface area contributed by atoms with E-state index in [1.807, 2.05) is 6.07 Å². The van der Waals surface area contributed by atoms with Gasteiger partial charge in [-0.25, -0.2) is 0 Å². The zero-order valence-electron chi connectivity index (χ0n) is 31.0. The first-order chi connectivity index (χ1) is 27.7. The molecule has 1 aromatic heterocycles. The van der Waals surface area contributed by atoms with Gasteiger partial charge in [0.1, 0.15) is 5.58 Å². The Morgan fingerprint density at radius 2 is 1.04 bits per heavy atom. The number of para-hydroxylation sites is 3. The van der Waals surface area contributed by atoms with E-state index in [4.69, 9.17) is 4.42 Å². The highest BCUT2D eigenvalue weighted by atomic mass is 16.3. The van der Waals surface area contributed by atoms with Crippen molar-refractivity contribution in [3.63, 3.8) is 0 Å². The minimum Gasteiger partial charge on any atom is -0.454 e. The number of hydrogen-bond acceptors (Lipinski definition) is 2. The maximum atomic E-state index is 6.81. The van der Waals surface area contributed by atoms with E-state index < -0.39 is 0 Å². The number of benzene rings is 9. The monoisotopic (exact) mass is 715 g/mol. The molecule has 1 atom stereocenters. The summed E-state index contributed by atoms with van der Waals surface area (Å²) in [6.45, 7) is 2.39. The molecule has 0 saturated carbocycles.